The van der Waals surface area contributed by atoms with E-state index in [1.54, 1.807) is 24.3 Å². The predicted octanol–water partition coefficient (Wildman–Crippen LogP) is 3.62. The molecule has 0 spiro atoms. The molecule has 1 fully saturated rings. The molecular weight excluding hydrogens is 458 g/mol. The topological polar surface area (TPSA) is 106 Å². The molecule has 2 bridgehead atoms. The van der Waals surface area contributed by atoms with Crippen LogP contribution in [-0.2, 0) is 4.74 Å². The van der Waals surface area contributed by atoms with Gasteiger partial charge in [-0.1, -0.05) is 12.1 Å². The summed E-state index contributed by atoms with van der Waals surface area (Å²) in [6, 6.07) is 12.1. The van der Waals surface area contributed by atoms with E-state index in [0.717, 1.165) is 24.8 Å². The maximum absolute atomic E-state index is 13.7. The lowest BCUT2D eigenvalue weighted by atomic mass is 10.1. The Hall–Kier alpha value is -3.72. The van der Waals surface area contributed by atoms with Crippen molar-refractivity contribution in [2.75, 3.05) is 31.6 Å². The first-order chi connectivity index (χ1) is 17.4. The summed E-state index contributed by atoms with van der Waals surface area (Å²) in [5.41, 5.74) is 2.74. The number of rotatable bonds is 1. The Balaban J connectivity index is 1.60. The summed E-state index contributed by atoms with van der Waals surface area (Å²) in [4.78, 5) is 46.0. The molecule has 0 aliphatic carbocycles. The molecule has 5 rings (SSSR count). The van der Waals surface area contributed by atoms with Crippen LogP contribution in [0.25, 0.3) is 11.0 Å². The van der Waals surface area contributed by atoms with Crippen LogP contribution in [0.1, 0.15) is 70.2 Å². The molecule has 0 saturated carbocycles. The third kappa shape index (κ3) is 4.58. The number of nitrogens with zero attached hydrogens (tertiary/aromatic N) is 3. The molecule has 9 nitrogen and oxygen atoms in total. The smallest absolute Gasteiger partial charge is 0.257 e. The van der Waals surface area contributed by atoms with Crippen molar-refractivity contribution < 1.29 is 19.1 Å². The number of benzene rings is 2. The van der Waals surface area contributed by atoms with Crippen LogP contribution >= 0.6 is 0 Å². The molecule has 2 aliphatic rings. The van der Waals surface area contributed by atoms with Crippen LogP contribution in [0.15, 0.2) is 42.5 Å². The Morgan fingerprint density at radius 1 is 1.03 bits per heavy atom. The molecular formula is C27H31N5O4. The van der Waals surface area contributed by atoms with Crippen molar-refractivity contribution in [2.45, 2.75) is 45.2 Å². The van der Waals surface area contributed by atoms with E-state index in [1.165, 1.54) is 0 Å². The summed E-state index contributed by atoms with van der Waals surface area (Å²) < 4.78 is 7.51. The number of anilines is 1. The van der Waals surface area contributed by atoms with Gasteiger partial charge >= 0.3 is 0 Å². The standard InChI is InChI=1S/C27H31N5O4/c1-17-7-3-4-12-28-24(33)19-8-5-9-20(15-19)25(34)30-27-29-22-11-6-10-21(23(22)32(17)27)26(35)31-13-14-36-16-18(31)2/h5-6,8-11,15,17-18H,3-4,7,12-14,16H2,1-2H3,(H,28,33)(H,29,30,34)/t17-,18+/m0/s1. The number of para-hydroxylation sites is 1. The average Bonchev–Trinajstić information content (AvgIpc) is 3.25. The number of nitrogens with one attached hydrogen (secondary N) is 2. The highest BCUT2D eigenvalue weighted by Crippen LogP contribution is 2.31. The quantitative estimate of drug-likeness (QED) is 0.543. The van der Waals surface area contributed by atoms with Crippen molar-refractivity contribution in [3.8, 4) is 0 Å². The number of hydrogen-bond acceptors (Lipinski definition) is 5. The molecule has 3 heterocycles. The van der Waals surface area contributed by atoms with Gasteiger partial charge in [-0.05, 0) is 63.4 Å². The maximum atomic E-state index is 13.7. The second kappa shape index (κ2) is 10.1. The van der Waals surface area contributed by atoms with Crippen LogP contribution in [0, 0.1) is 0 Å². The molecule has 2 atom stereocenters. The minimum Gasteiger partial charge on any atom is -0.377 e. The van der Waals surface area contributed by atoms with Gasteiger partial charge in [0.1, 0.15) is 0 Å². The molecule has 2 aromatic carbocycles. The van der Waals surface area contributed by atoms with E-state index in [-0.39, 0.29) is 29.8 Å². The Labute approximate surface area is 209 Å². The fourth-order valence-electron chi connectivity index (χ4n) is 5.00. The summed E-state index contributed by atoms with van der Waals surface area (Å²) in [5.74, 6) is -0.222. The molecule has 1 saturated heterocycles. The molecule has 36 heavy (non-hydrogen) atoms. The van der Waals surface area contributed by atoms with Gasteiger partial charge in [-0.3, -0.25) is 19.7 Å². The Bertz CT molecular complexity index is 1320. The lowest BCUT2D eigenvalue weighted by Gasteiger charge is -2.33. The van der Waals surface area contributed by atoms with Crippen LogP contribution in [0.5, 0.6) is 0 Å². The zero-order valence-corrected chi connectivity index (χ0v) is 20.6. The first-order valence-corrected chi connectivity index (χ1v) is 12.5. The van der Waals surface area contributed by atoms with E-state index in [0.29, 0.717) is 54.5 Å². The third-order valence-corrected chi connectivity index (χ3v) is 6.96. The van der Waals surface area contributed by atoms with E-state index in [4.69, 9.17) is 9.72 Å². The Kier molecular flexibility index (Phi) is 6.73. The van der Waals surface area contributed by atoms with Gasteiger partial charge in [0.25, 0.3) is 17.7 Å². The van der Waals surface area contributed by atoms with Crippen LogP contribution in [0.2, 0.25) is 0 Å². The van der Waals surface area contributed by atoms with Crippen molar-refractivity contribution in [3.05, 3.63) is 59.2 Å². The van der Waals surface area contributed by atoms with Crippen LogP contribution < -0.4 is 10.6 Å². The number of morpholine rings is 1. The van der Waals surface area contributed by atoms with Gasteiger partial charge in [-0.2, -0.15) is 0 Å². The predicted molar refractivity (Wildman–Crippen MR) is 136 cm³/mol. The van der Waals surface area contributed by atoms with E-state index in [1.807, 2.05) is 34.6 Å². The third-order valence-electron chi connectivity index (χ3n) is 6.96. The zero-order valence-electron chi connectivity index (χ0n) is 20.6. The molecule has 1 aromatic heterocycles. The fraction of sp³-hybridized carbons (Fsp3) is 0.407. The molecule has 3 aromatic rings. The average molecular weight is 490 g/mol. The van der Waals surface area contributed by atoms with Crippen molar-refractivity contribution in [2.24, 2.45) is 0 Å². The van der Waals surface area contributed by atoms with Gasteiger partial charge in [0.05, 0.1) is 35.9 Å². The van der Waals surface area contributed by atoms with Crippen LogP contribution in [-0.4, -0.2) is 64.5 Å². The second-order valence-electron chi connectivity index (χ2n) is 9.54. The number of aromatic nitrogens is 2. The first kappa shape index (κ1) is 24.0. The largest absolute Gasteiger partial charge is 0.377 e. The molecule has 188 valence electrons. The molecule has 0 unspecified atom stereocenters. The minimum absolute atomic E-state index is 0.0255. The number of carbonyl (C=O) groups excluding carboxylic acids is 3. The van der Waals surface area contributed by atoms with E-state index in [2.05, 4.69) is 17.6 Å². The van der Waals surface area contributed by atoms with Gasteiger partial charge in [0.2, 0.25) is 5.95 Å². The maximum Gasteiger partial charge on any atom is 0.257 e. The van der Waals surface area contributed by atoms with Gasteiger partial charge < -0.3 is 19.5 Å². The van der Waals surface area contributed by atoms with Crippen molar-refractivity contribution >= 4 is 34.7 Å². The van der Waals surface area contributed by atoms with Crippen LogP contribution in [0.4, 0.5) is 5.95 Å². The lowest BCUT2D eigenvalue weighted by Crippen LogP contribution is -2.47. The highest BCUT2D eigenvalue weighted by Gasteiger charge is 2.29. The summed E-state index contributed by atoms with van der Waals surface area (Å²) in [6.07, 6.45) is 2.48. The number of fused-ring (bicyclic) bond motifs is 5. The highest BCUT2D eigenvalue weighted by atomic mass is 16.5. The van der Waals surface area contributed by atoms with Gasteiger partial charge in [-0.15, -0.1) is 0 Å². The summed E-state index contributed by atoms with van der Waals surface area (Å²) in [5, 5.41) is 5.88. The van der Waals surface area contributed by atoms with Crippen molar-refractivity contribution in [3.63, 3.8) is 0 Å². The van der Waals surface area contributed by atoms with Gasteiger partial charge in [-0.25, -0.2) is 4.98 Å². The van der Waals surface area contributed by atoms with Crippen molar-refractivity contribution in [1.29, 1.82) is 0 Å². The van der Waals surface area contributed by atoms with Crippen LogP contribution in [0.3, 0.4) is 0 Å². The molecule has 9 heteroatoms. The van der Waals surface area contributed by atoms with E-state index < -0.39 is 0 Å². The molecule has 0 radical (unpaired) electrons. The van der Waals surface area contributed by atoms with Crippen molar-refractivity contribution in [1.82, 2.24) is 19.8 Å². The van der Waals surface area contributed by atoms with Gasteiger partial charge in [0.15, 0.2) is 0 Å². The SMILES string of the molecule is C[C@@H]1COCCN1C(=O)c1cccc2nc3n(c12)[C@@H](C)CCCCNC(=O)c1cccc(c1)C(=O)N3. The highest BCUT2D eigenvalue weighted by molar-refractivity contribution is 6.08. The monoisotopic (exact) mass is 489 g/mol. The number of imidazole rings is 1. The molecule has 2 aliphatic heterocycles. The lowest BCUT2D eigenvalue weighted by molar-refractivity contribution is 0.00368. The zero-order chi connectivity index (χ0) is 25.2. The number of amides is 3. The number of carbonyl (C=O) groups is 3. The molecule has 3 amide bonds. The minimum atomic E-state index is -0.361. The molecule has 2 N–H and O–H groups in total. The Morgan fingerprint density at radius 2 is 1.81 bits per heavy atom. The number of ether oxygens (including phenoxy) is 1. The second-order valence-corrected chi connectivity index (χ2v) is 9.54. The summed E-state index contributed by atoms with van der Waals surface area (Å²) >= 11 is 0. The summed E-state index contributed by atoms with van der Waals surface area (Å²) in [6.45, 7) is 6.16. The summed E-state index contributed by atoms with van der Waals surface area (Å²) in [7, 11) is 0. The fourth-order valence-corrected chi connectivity index (χ4v) is 5.00. The normalized spacial score (nSPS) is 21.3. The number of hydrogen-bond donors (Lipinski definition) is 2. The van der Waals surface area contributed by atoms with Gasteiger partial charge in [0, 0.05) is 30.3 Å². The Morgan fingerprint density at radius 3 is 2.61 bits per heavy atom. The van der Waals surface area contributed by atoms with E-state index in [9.17, 15) is 14.4 Å². The van der Waals surface area contributed by atoms with E-state index >= 15 is 0 Å². The first-order valence-electron chi connectivity index (χ1n) is 12.5.